The molecule has 4 nitrogen and oxygen atoms in total. The Kier molecular flexibility index (Phi) is 4.16. The molecule has 0 fully saturated rings. The van der Waals surface area contributed by atoms with Crippen molar-refractivity contribution in [3.8, 4) is 11.3 Å². The Morgan fingerprint density at radius 3 is 2.59 bits per heavy atom. The number of carbonyl (C=O) groups excluding carboxylic acids is 1. The number of aromatic nitrogens is 1. The summed E-state index contributed by atoms with van der Waals surface area (Å²) < 4.78 is 5.27. The van der Waals surface area contributed by atoms with Crippen molar-refractivity contribution >= 4 is 23.0 Å². The number of nitrogens with zero attached hydrogens (tertiary/aromatic N) is 1. The van der Waals surface area contributed by atoms with Crippen molar-refractivity contribution in [3.05, 3.63) is 70.5 Å². The van der Waals surface area contributed by atoms with Gasteiger partial charge in [-0.05, 0) is 11.6 Å². The van der Waals surface area contributed by atoms with Crippen LogP contribution in [0.15, 0.2) is 60.0 Å². The van der Waals surface area contributed by atoms with Crippen molar-refractivity contribution < 1.29 is 9.53 Å². The minimum Gasteiger partial charge on any atom is -0.455 e. The molecule has 0 saturated heterocycles. The molecule has 0 radical (unpaired) electrons. The SMILES string of the molecule is Nc1ccccc1-c1csc(C(=O)OCc2ccccc2)n1. The second-order valence-corrected chi connectivity index (χ2v) is 5.54. The second kappa shape index (κ2) is 6.41. The molecule has 1 heterocycles. The van der Waals surface area contributed by atoms with Crippen LogP contribution in [0.5, 0.6) is 0 Å². The number of hydrogen-bond donors (Lipinski definition) is 1. The largest absolute Gasteiger partial charge is 0.455 e. The van der Waals surface area contributed by atoms with E-state index in [1.54, 1.807) is 0 Å². The van der Waals surface area contributed by atoms with Gasteiger partial charge in [-0.15, -0.1) is 11.3 Å². The van der Waals surface area contributed by atoms with Crippen molar-refractivity contribution in [1.29, 1.82) is 0 Å². The van der Waals surface area contributed by atoms with E-state index in [0.717, 1.165) is 11.1 Å². The summed E-state index contributed by atoms with van der Waals surface area (Å²) in [7, 11) is 0. The minimum atomic E-state index is -0.422. The summed E-state index contributed by atoms with van der Waals surface area (Å²) in [6, 6.07) is 17.0. The molecule has 0 bridgehead atoms. The molecular weight excluding hydrogens is 296 g/mol. The van der Waals surface area contributed by atoms with Gasteiger partial charge < -0.3 is 10.5 Å². The quantitative estimate of drug-likeness (QED) is 0.589. The Hall–Kier alpha value is -2.66. The maximum Gasteiger partial charge on any atom is 0.367 e. The lowest BCUT2D eigenvalue weighted by molar-refractivity contribution is 0.0472. The van der Waals surface area contributed by atoms with Crippen LogP contribution in [0.25, 0.3) is 11.3 Å². The van der Waals surface area contributed by atoms with E-state index in [-0.39, 0.29) is 6.61 Å². The highest BCUT2D eigenvalue weighted by Gasteiger charge is 2.14. The molecule has 1 aromatic heterocycles. The average molecular weight is 310 g/mol. The third-order valence-electron chi connectivity index (χ3n) is 3.13. The van der Waals surface area contributed by atoms with Gasteiger partial charge in [-0.3, -0.25) is 0 Å². The van der Waals surface area contributed by atoms with Crippen LogP contribution in [-0.2, 0) is 11.3 Å². The third-order valence-corrected chi connectivity index (χ3v) is 3.95. The normalized spacial score (nSPS) is 10.4. The van der Waals surface area contributed by atoms with E-state index in [2.05, 4.69) is 4.98 Å². The van der Waals surface area contributed by atoms with Gasteiger partial charge in [0, 0.05) is 16.6 Å². The van der Waals surface area contributed by atoms with Crippen molar-refractivity contribution in [2.24, 2.45) is 0 Å². The first-order valence-corrected chi connectivity index (χ1v) is 7.63. The zero-order valence-corrected chi connectivity index (χ0v) is 12.5. The summed E-state index contributed by atoms with van der Waals surface area (Å²) in [5.41, 5.74) is 9.01. The molecule has 0 aliphatic heterocycles. The van der Waals surface area contributed by atoms with Crippen molar-refractivity contribution in [1.82, 2.24) is 4.98 Å². The van der Waals surface area contributed by atoms with Gasteiger partial charge in [-0.1, -0.05) is 48.5 Å². The Morgan fingerprint density at radius 2 is 1.82 bits per heavy atom. The molecular formula is C17H14N2O2S. The van der Waals surface area contributed by atoms with Crippen LogP contribution in [0.4, 0.5) is 5.69 Å². The highest BCUT2D eigenvalue weighted by Crippen LogP contribution is 2.27. The lowest BCUT2D eigenvalue weighted by Crippen LogP contribution is -2.04. The van der Waals surface area contributed by atoms with Crippen molar-refractivity contribution in [2.75, 3.05) is 5.73 Å². The van der Waals surface area contributed by atoms with E-state index < -0.39 is 5.97 Å². The number of carbonyl (C=O) groups is 1. The number of para-hydroxylation sites is 1. The number of nitrogens with two attached hydrogens (primary N) is 1. The fraction of sp³-hybridized carbons (Fsp3) is 0.0588. The Bertz CT molecular complexity index is 784. The van der Waals surface area contributed by atoms with Gasteiger partial charge >= 0.3 is 5.97 Å². The molecule has 0 spiro atoms. The van der Waals surface area contributed by atoms with Crippen LogP contribution in [-0.4, -0.2) is 11.0 Å². The molecule has 3 aromatic rings. The van der Waals surface area contributed by atoms with Crippen LogP contribution in [0.1, 0.15) is 15.4 Å². The molecule has 0 amide bonds. The highest BCUT2D eigenvalue weighted by molar-refractivity contribution is 7.11. The maximum absolute atomic E-state index is 12.0. The van der Waals surface area contributed by atoms with E-state index >= 15 is 0 Å². The number of anilines is 1. The van der Waals surface area contributed by atoms with Gasteiger partial charge in [-0.25, -0.2) is 9.78 Å². The lowest BCUT2D eigenvalue weighted by Gasteiger charge is -2.03. The maximum atomic E-state index is 12.0. The van der Waals surface area contributed by atoms with Gasteiger partial charge in [-0.2, -0.15) is 0 Å². The fourth-order valence-electron chi connectivity index (χ4n) is 2.01. The molecule has 0 aliphatic rings. The number of esters is 1. The van der Waals surface area contributed by atoms with Crippen molar-refractivity contribution in [3.63, 3.8) is 0 Å². The lowest BCUT2D eigenvalue weighted by atomic mass is 10.1. The van der Waals surface area contributed by atoms with Crippen LogP contribution in [0.3, 0.4) is 0 Å². The summed E-state index contributed by atoms with van der Waals surface area (Å²) in [5, 5.41) is 2.14. The second-order valence-electron chi connectivity index (χ2n) is 4.69. The molecule has 22 heavy (non-hydrogen) atoms. The predicted molar refractivity (Wildman–Crippen MR) is 87.5 cm³/mol. The molecule has 2 N–H and O–H groups in total. The first kappa shape index (κ1) is 14.3. The van der Waals surface area contributed by atoms with E-state index in [9.17, 15) is 4.79 Å². The summed E-state index contributed by atoms with van der Waals surface area (Å²) in [6.07, 6.45) is 0. The molecule has 0 aliphatic carbocycles. The molecule has 0 unspecified atom stereocenters. The fourth-order valence-corrected chi connectivity index (χ4v) is 2.72. The first-order chi connectivity index (χ1) is 10.7. The number of nitrogen functional groups attached to an aromatic ring is 1. The summed E-state index contributed by atoms with van der Waals surface area (Å²) in [5.74, 6) is -0.422. The zero-order valence-electron chi connectivity index (χ0n) is 11.7. The smallest absolute Gasteiger partial charge is 0.367 e. The molecule has 0 saturated carbocycles. The predicted octanol–water partition coefficient (Wildman–Crippen LogP) is 3.75. The number of ether oxygens (including phenoxy) is 1. The Balaban J connectivity index is 1.71. The minimum absolute atomic E-state index is 0.238. The van der Waals surface area contributed by atoms with Gasteiger partial charge in [0.1, 0.15) is 6.61 Å². The van der Waals surface area contributed by atoms with Gasteiger partial charge in [0.2, 0.25) is 5.01 Å². The number of hydrogen-bond acceptors (Lipinski definition) is 5. The topological polar surface area (TPSA) is 65.2 Å². The van der Waals surface area contributed by atoms with Gasteiger partial charge in [0.25, 0.3) is 0 Å². The summed E-state index contributed by atoms with van der Waals surface area (Å²) >= 11 is 1.26. The van der Waals surface area contributed by atoms with E-state index in [4.69, 9.17) is 10.5 Å². The first-order valence-electron chi connectivity index (χ1n) is 6.75. The van der Waals surface area contributed by atoms with Gasteiger partial charge in [0.15, 0.2) is 0 Å². The highest BCUT2D eigenvalue weighted by atomic mass is 32.1. The zero-order chi connectivity index (χ0) is 15.4. The van der Waals surface area contributed by atoms with Gasteiger partial charge in [0.05, 0.1) is 5.69 Å². The van der Waals surface area contributed by atoms with Crippen LogP contribution < -0.4 is 5.73 Å². The molecule has 0 atom stereocenters. The monoisotopic (exact) mass is 310 g/mol. The molecule has 5 heteroatoms. The number of thiazole rings is 1. The average Bonchev–Trinajstić information content (AvgIpc) is 3.04. The summed E-state index contributed by atoms with van der Waals surface area (Å²) in [6.45, 7) is 0.238. The van der Waals surface area contributed by atoms with E-state index in [1.807, 2.05) is 60.0 Å². The number of benzene rings is 2. The van der Waals surface area contributed by atoms with Crippen LogP contribution >= 0.6 is 11.3 Å². The van der Waals surface area contributed by atoms with Crippen LogP contribution in [0.2, 0.25) is 0 Å². The third kappa shape index (κ3) is 3.15. The number of rotatable bonds is 4. The van der Waals surface area contributed by atoms with E-state index in [1.165, 1.54) is 11.3 Å². The molecule has 110 valence electrons. The van der Waals surface area contributed by atoms with Crippen LogP contribution in [0, 0.1) is 0 Å². The molecule has 3 rings (SSSR count). The molecule has 2 aromatic carbocycles. The van der Waals surface area contributed by atoms with E-state index in [0.29, 0.717) is 16.4 Å². The Morgan fingerprint density at radius 1 is 1.09 bits per heavy atom. The standard InChI is InChI=1S/C17H14N2O2S/c18-14-9-5-4-8-13(14)15-11-22-16(19-15)17(20)21-10-12-6-2-1-3-7-12/h1-9,11H,10,18H2. The van der Waals surface area contributed by atoms with Crippen molar-refractivity contribution in [2.45, 2.75) is 6.61 Å². The Labute approximate surface area is 132 Å². The summed E-state index contributed by atoms with van der Waals surface area (Å²) in [4.78, 5) is 16.4.